The smallest absolute Gasteiger partial charge is 0.294 e. The normalized spacial score (nSPS) is 11.3. The molecule has 5 nitrogen and oxygen atoms in total. The molecule has 0 aliphatic rings. The van der Waals surface area contributed by atoms with Gasteiger partial charge in [-0.05, 0) is 19.2 Å². The van der Waals surface area contributed by atoms with Crippen molar-refractivity contribution >= 4 is 10.1 Å². The molecule has 2 N–H and O–H groups in total. The van der Waals surface area contributed by atoms with E-state index in [-0.39, 0.29) is 11.6 Å². The van der Waals surface area contributed by atoms with Crippen LogP contribution in [0, 0.1) is 0 Å². The first-order valence-corrected chi connectivity index (χ1v) is 5.33. The Bertz CT molecular complexity index is 402. The Morgan fingerprint density at radius 1 is 1.50 bits per heavy atom. The molecule has 0 unspecified atom stereocenters. The number of ether oxygens (including phenoxy) is 1. The molecule has 0 bridgehead atoms. The van der Waals surface area contributed by atoms with Crippen LogP contribution in [0.4, 0.5) is 0 Å². The fourth-order valence-corrected chi connectivity index (χ4v) is 1.40. The van der Waals surface area contributed by atoms with Crippen LogP contribution in [0.5, 0.6) is 5.75 Å². The first kappa shape index (κ1) is 11.0. The molecule has 0 atom stereocenters. The highest BCUT2D eigenvalue weighted by molar-refractivity contribution is 7.85. The summed E-state index contributed by atoms with van der Waals surface area (Å²) < 4.78 is 35.3. The second-order valence-corrected chi connectivity index (χ2v) is 4.01. The summed E-state index contributed by atoms with van der Waals surface area (Å²) in [6.45, 7) is 0.273. The number of nitrogens with one attached hydrogen (secondary N) is 1. The third kappa shape index (κ3) is 2.99. The van der Waals surface area contributed by atoms with Crippen LogP contribution in [0.15, 0.2) is 29.2 Å². The van der Waals surface area contributed by atoms with Crippen molar-refractivity contribution < 1.29 is 17.7 Å². The van der Waals surface area contributed by atoms with Gasteiger partial charge in [0.15, 0.2) is 0 Å². The summed E-state index contributed by atoms with van der Waals surface area (Å²) in [6.07, 6.45) is 0. The van der Waals surface area contributed by atoms with Crippen LogP contribution in [0.2, 0.25) is 0 Å². The lowest BCUT2D eigenvalue weighted by molar-refractivity contribution is 0.295. The minimum absolute atomic E-state index is 0.175. The molecule has 0 spiro atoms. The van der Waals surface area contributed by atoms with Crippen molar-refractivity contribution in [1.82, 2.24) is 5.32 Å². The van der Waals surface area contributed by atoms with Gasteiger partial charge in [0.2, 0.25) is 0 Å². The predicted molar refractivity (Wildman–Crippen MR) is 50.8 cm³/mol. The molecule has 0 saturated carbocycles. The van der Waals surface area contributed by atoms with Crippen molar-refractivity contribution in [2.45, 2.75) is 4.90 Å². The number of rotatable bonds is 4. The van der Waals surface area contributed by atoms with Gasteiger partial charge in [0, 0.05) is 6.07 Å². The molecule has 1 rings (SSSR count). The molecule has 0 amide bonds. The van der Waals surface area contributed by atoms with Crippen molar-refractivity contribution in [2.75, 3.05) is 13.8 Å². The van der Waals surface area contributed by atoms with Crippen molar-refractivity contribution in [3.8, 4) is 5.75 Å². The van der Waals surface area contributed by atoms with E-state index in [0.717, 1.165) is 0 Å². The van der Waals surface area contributed by atoms with Crippen LogP contribution < -0.4 is 10.1 Å². The Morgan fingerprint density at radius 3 is 2.79 bits per heavy atom. The van der Waals surface area contributed by atoms with E-state index < -0.39 is 10.1 Å². The van der Waals surface area contributed by atoms with Gasteiger partial charge in [-0.3, -0.25) is 9.87 Å². The van der Waals surface area contributed by atoms with E-state index in [2.05, 4.69) is 5.32 Å². The second kappa shape index (κ2) is 4.41. The zero-order valence-corrected chi connectivity index (χ0v) is 8.41. The van der Waals surface area contributed by atoms with E-state index in [1.807, 2.05) is 0 Å². The van der Waals surface area contributed by atoms with E-state index in [1.165, 1.54) is 18.2 Å². The quantitative estimate of drug-likeness (QED) is 0.567. The molecule has 0 saturated heterocycles. The van der Waals surface area contributed by atoms with E-state index in [0.29, 0.717) is 5.75 Å². The molecule has 78 valence electrons. The third-order valence-electron chi connectivity index (χ3n) is 1.49. The van der Waals surface area contributed by atoms with Crippen LogP contribution in [-0.4, -0.2) is 26.7 Å². The molecular weight excluding hydrogens is 206 g/mol. The fraction of sp³-hybridized carbons (Fsp3) is 0.250. The van der Waals surface area contributed by atoms with E-state index in [4.69, 9.17) is 9.29 Å². The molecular formula is C8H11NO4S. The topological polar surface area (TPSA) is 75.6 Å². The van der Waals surface area contributed by atoms with Crippen molar-refractivity contribution in [3.63, 3.8) is 0 Å². The Balaban J connectivity index is 2.90. The maximum atomic E-state index is 10.7. The van der Waals surface area contributed by atoms with Gasteiger partial charge in [-0.1, -0.05) is 6.07 Å². The lowest BCUT2D eigenvalue weighted by Crippen LogP contribution is -2.14. The van der Waals surface area contributed by atoms with Gasteiger partial charge in [0.1, 0.15) is 12.5 Å². The third-order valence-corrected chi connectivity index (χ3v) is 2.34. The van der Waals surface area contributed by atoms with Crippen molar-refractivity contribution in [3.05, 3.63) is 24.3 Å². The summed E-state index contributed by atoms with van der Waals surface area (Å²) in [5.74, 6) is 0.384. The zero-order valence-electron chi connectivity index (χ0n) is 7.60. The standard InChI is InChI=1S/C8H11NO4S/c1-9-6-13-7-3-2-4-8(5-7)14(10,11)12/h2-5,9H,6H2,1H3,(H,10,11,12). The van der Waals surface area contributed by atoms with Crippen LogP contribution in [0.25, 0.3) is 0 Å². The molecule has 1 aromatic carbocycles. The molecule has 0 radical (unpaired) electrons. The first-order valence-electron chi connectivity index (χ1n) is 3.89. The van der Waals surface area contributed by atoms with Crippen molar-refractivity contribution in [1.29, 1.82) is 0 Å². The van der Waals surface area contributed by atoms with E-state index in [1.54, 1.807) is 13.1 Å². The fourth-order valence-electron chi connectivity index (χ4n) is 0.880. The summed E-state index contributed by atoms with van der Waals surface area (Å²) in [7, 11) is -2.45. The molecule has 14 heavy (non-hydrogen) atoms. The molecule has 0 fully saturated rings. The van der Waals surface area contributed by atoms with Crippen LogP contribution >= 0.6 is 0 Å². The predicted octanol–water partition coefficient (Wildman–Crippen LogP) is 0.489. The highest BCUT2D eigenvalue weighted by Gasteiger charge is 2.09. The highest BCUT2D eigenvalue weighted by Crippen LogP contribution is 2.16. The minimum Gasteiger partial charge on any atom is -0.478 e. The monoisotopic (exact) mass is 217 g/mol. The zero-order chi connectivity index (χ0) is 10.6. The summed E-state index contributed by atoms with van der Waals surface area (Å²) >= 11 is 0. The Labute approximate surface area is 82.5 Å². The van der Waals surface area contributed by atoms with E-state index in [9.17, 15) is 8.42 Å². The van der Waals surface area contributed by atoms with Crippen LogP contribution in [0.3, 0.4) is 0 Å². The minimum atomic E-state index is -4.15. The van der Waals surface area contributed by atoms with Crippen LogP contribution in [-0.2, 0) is 10.1 Å². The molecule has 0 aromatic heterocycles. The summed E-state index contributed by atoms with van der Waals surface area (Å²) in [4.78, 5) is -0.175. The van der Waals surface area contributed by atoms with Gasteiger partial charge in [-0.25, -0.2) is 0 Å². The lowest BCUT2D eigenvalue weighted by atomic mass is 10.3. The number of benzene rings is 1. The van der Waals surface area contributed by atoms with Gasteiger partial charge in [-0.15, -0.1) is 0 Å². The lowest BCUT2D eigenvalue weighted by Gasteiger charge is -2.05. The maximum absolute atomic E-state index is 10.7. The van der Waals surface area contributed by atoms with Gasteiger partial charge < -0.3 is 4.74 Å². The Hall–Kier alpha value is -1.11. The van der Waals surface area contributed by atoms with Gasteiger partial charge in [-0.2, -0.15) is 8.42 Å². The summed E-state index contributed by atoms with van der Waals surface area (Å²) in [5, 5.41) is 2.74. The molecule has 6 heteroatoms. The Morgan fingerprint density at radius 2 is 2.21 bits per heavy atom. The first-order chi connectivity index (χ1) is 6.54. The van der Waals surface area contributed by atoms with Crippen molar-refractivity contribution in [2.24, 2.45) is 0 Å². The van der Waals surface area contributed by atoms with Gasteiger partial charge in [0.25, 0.3) is 10.1 Å². The maximum Gasteiger partial charge on any atom is 0.294 e. The largest absolute Gasteiger partial charge is 0.478 e. The molecule has 0 heterocycles. The average molecular weight is 217 g/mol. The summed E-state index contributed by atoms with van der Waals surface area (Å²) in [5.41, 5.74) is 0. The molecule has 1 aromatic rings. The summed E-state index contributed by atoms with van der Waals surface area (Å²) in [6, 6.07) is 5.65. The molecule has 0 aliphatic heterocycles. The number of hydrogen-bond acceptors (Lipinski definition) is 4. The molecule has 0 aliphatic carbocycles. The van der Waals surface area contributed by atoms with Crippen LogP contribution in [0.1, 0.15) is 0 Å². The van der Waals surface area contributed by atoms with E-state index >= 15 is 0 Å². The SMILES string of the molecule is CNCOc1cccc(S(=O)(=O)O)c1. The van der Waals surface area contributed by atoms with Gasteiger partial charge in [0.05, 0.1) is 4.90 Å². The van der Waals surface area contributed by atoms with Gasteiger partial charge >= 0.3 is 0 Å². The average Bonchev–Trinajstić information content (AvgIpc) is 2.14. The highest BCUT2D eigenvalue weighted by atomic mass is 32.2. The number of hydrogen-bond donors (Lipinski definition) is 2. The second-order valence-electron chi connectivity index (χ2n) is 2.59. The Kier molecular flexibility index (Phi) is 3.45.